The van der Waals surface area contributed by atoms with Crippen LogP contribution >= 0.6 is 11.8 Å². The van der Waals surface area contributed by atoms with Crippen molar-refractivity contribution in [3.8, 4) is 0 Å². The van der Waals surface area contributed by atoms with E-state index in [1.54, 1.807) is 11.8 Å². The lowest BCUT2D eigenvalue weighted by molar-refractivity contribution is -0.118. The highest BCUT2D eigenvalue weighted by Crippen LogP contribution is 2.18. The molecule has 0 aliphatic carbocycles. The van der Waals surface area contributed by atoms with Gasteiger partial charge in [-0.25, -0.2) is 0 Å². The number of fused-ring (bicyclic) bond motifs is 1. The second kappa shape index (κ2) is 5.36. The minimum Gasteiger partial charge on any atom is -0.299 e. The maximum Gasteiger partial charge on any atom is 0.139 e. The van der Waals surface area contributed by atoms with Crippen LogP contribution in [0.3, 0.4) is 0 Å². The summed E-state index contributed by atoms with van der Waals surface area (Å²) in [6.07, 6.45) is 3.09. The van der Waals surface area contributed by atoms with Crippen molar-refractivity contribution >= 4 is 28.4 Å². The SMILES string of the molecule is CSCCC(=O)Cc1nn(C)c2ccccc12. The van der Waals surface area contributed by atoms with Gasteiger partial charge in [-0.1, -0.05) is 18.2 Å². The van der Waals surface area contributed by atoms with Crippen LogP contribution in [0.15, 0.2) is 24.3 Å². The Labute approximate surface area is 105 Å². The van der Waals surface area contributed by atoms with E-state index >= 15 is 0 Å². The highest BCUT2D eigenvalue weighted by atomic mass is 32.2. The van der Waals surface area contributed by atoms with E-state index < -0.39 is 0 Å². The Kier molecular flexibility index (Phi) is 3.84. The molecule has 4 heteroatoms. The fraction of sp³-hybridized carbons (Fsp3) is 0.385. The van der Waals surface area contributed by atoms with Gasteiger partial charge in [0.25, 0.3) is 0 Å². The summed E-state index contributed by atoms with van der Waals surface area (Å²) in [5, 5.41) is 5.52. The van der Waals surface area contributed by atoms with Crippen LogP contribution < -0.4 is 0 Å². The average Bonchev–Trinajstić information content (AvgIpc) is 2.65. The minimum absolute atomic E-state index is 0.267. The molecule has 0 saturated heterocycles. The molecule has 0 amide bonds. The van der Waals surface area contributed by atoms with Crippen LogP contribution in [0.25, 0.3) is 10.9 Å². The third-order valence-electron chi connectivity index (χ3n) is 2.78. The summed E-state index contributed by atoms with van der Waals surface area (Å²) >= 11 is 1.70. The lowest BCUT2D eigenvalue weighted by Crippen LogP contribution is -2.05. The van der Waals surface area contributed by atoms with Gasteiger partial charge in [0, 0.05) is 18.9 Å². The fourth-order valence-electron chi connectivity index (χ4n) is 1.91. The molecule has 0 atom stereocenters. The number of carbonyl (C=O) groups excluding carboxylic acids is 1. The van der Waals surface area contributed by atoms with Crippen molar-refractivity contribution in [2.45, 2.75) is 12.8 Å². The first-order valence-corrected chi connectivity index (χ1v) is 7.03. The van der Waals surface area contributed by atoms with E-state index in [2.05, 4.69) is 5.10 Å². The molecule has 0 saturated carbocycles. The van der Waals surface area contributed by atoms with Gasteiger partial charge in [0.15, 0.2) is 0 Å². The molecule has 2 aromatic rings. The van der Waals surface area contributed by atoms with Crippen LogP contribution in [0.5, 0.6) is 0 Å². The summed E-state index contributed by atoms with van der Waals surface area (Å²) in [5.74, 6) is 1.16. The molecule has 90 valence electrons. The molecule has 3 nitrogen and oxygen atoms in total. The van der Waals surface area contributed by atoms with E-state index in [1.807, 2.05) is 42.3 Å². The summed E-state index contributed by atoms with van der Waals surface area (Å²) in [5.41, 5.74) is 1.98. The van der Waals surface area contributed by atoms with Gasteiger partial charge in [-0.3, -0.25) is 9.48 Å². The normalized spacial score (nSPS) is 10.9. The molecule has 0 N–H and O–H groups in total. The van der Waals surface area contributed by atoms with Gasteiger partial charge in [-0.15, -0.1) is 0 Å². The zero-order valence-corrected chi connectivity index (χ0v) is 11.0. The second-order valence-electron chi connectivity index (χ2n) is 4.05. The molecule has 0 spiro atoms. The molecule has 1 heterocycles. The topological polar surface area (TPSA) is 34.9 Å². The van der Waals surface area contributed by atoms with E-state index in [0.29, 0.717) is 12.8 Å². The molecule has 0 radical (unpaired) electrons. The minimum atomic E-state index is 0.267. The summed E-state index contributed by atoms with van der Waals surface area (Å²) in [7, 11) is 1.91. The summed E-state index contributed by atoms with van der Waals surface area (Å²) < 4.78 is 1.84. The summed E-state index contributed by atoms with van der Waals surface area (Å²) in [6.45, 7) is 0. The first-order valence-electron chi connectivity index (χ1n) is 5.63. The van der Waals surface area contributed by atoms with E-state index in [-0.39, 0.29) is 5.78 Å². The van der Waals surface area contributed by atoms with E-state index in [0.717, 1.165) is 22.3 Å². The van der Waals surface area contributed by atoms with Crippen LogP contribution in [-0.2, 0) is 18.3 Å². The van der Waals surface area contributed by atoms with Gasteiger partial charge < -0.3 is 0 Å². The van der Waals surface area contributed by atoms with Crippen LogP contribution in [-0.4, -0.2) is 27.6 Å². The maximum absolute atomic E-state index is 11.8. The molecule has 1 aromatic carbocycles. The molecule has 0 fully saturated rings. The van der Waals surface area contributed by atoms with Gasteiger partial charge in [0.1, 0.15) is 5.78 Å². The highest BCUT2D eigenvalue weighted by Gasteiger charge is 2.11. The first-order chi connectivity index (χ1) is 8.22. The van der Waals surface area contributed by atoms with Crippen molar-refractivity contribution < 1.29 is 4.79 Å². The van der Waals surface area contributed by atoms with Gasteiger partial charge in [0.2, 0.25) is 0 Å². The molecule has 0 aliphatic rings. The molecule has 2 rings (SSSR count). The van der Waals surface area contributed by atoms with Crippen LogP contribution in [0.4, 0.5) is 0 Å². The lowest BCUT2D eigenvalue weighted by atomic mass is 10.1. The molecule has 1 aromatic heterocycles. The van der Waals surface area contributed by atoms with Gasteiger partial charge in [-0.2, -0.15) is 16.9 Å². The standard InChI is InChI=1S/C13H16N2OS/c1-15-13-6-4-3-5-11(13)12(14-15)9-10(16)7-8-17-2/h3-6H,7-9H2,1-2H3. The molecule has 0 bridgehead atoms. The van der Waals surface area contributed by atoms with Crippen LogP contribution in [0.2, 0.25) is 0 Å². The lowest BCUT2D eigenvalue weighted by Gasteiger charge is -1.97. The summed E-state index contributed by atoms with van der Waals surface area (Å²) in [4.78, 5) is 11.8. The summed E-state index contributed by atoms with van der Waals surface area (Å²) in [6, 6.07) is 8.03. The number of ketones is 1. The van der Waals surface area contributed by atoms with Crippen molar-refractivity contribution in [1.29, 1.82) is 0 Å². The number of thioether (sulfide) groups is 1. The van der Waals surface area contributed by atoms with Gasteiger partial charge in [0.05, 0.1) is 17.6 Å². The average molecular weight is 248 g/mol. The smallest absolute Gasteiger partial charge is 0.139 e. The van der Waals surface area contributed by atoms with E-state index in [1.165, 1.54) is 0 Å². The molecule has 0 unspecified atom stereocenters. The highest BCUT2D eigenvalue weighted by molar-refractivity contribution is 7.98. The Balaban J connectivity index is 2.21. The number of rotatable bonds is 5. The molecular weight excluding hydrogens is 232 g/mol. The molecular formula is C13H16N2OS. The Bertz CT molecular complexity index is 533. The Morgan fingerprint density at radius 1 is 1.41 bits per heavy atom. The van der Waals surface area contributed by atoms with Gasteiger partial charge in [-0.05, 0) is 18.1 Å². The van der Waals surface area contributed by atoms with Crippen molar-refractivity contribution in [3.05, 3.63) is 30.0 Å². The van der Waals surface area contributed by atoms with Crippen LogP contribution in [0, 0.1) is 0 Å². The zero-order valence-electron chi connectivity index (χ0n) is 10.1. The van der Waals surface area contributed by atoms with E-state index in [9.17, 15) is 4.79 Å². The van der Waals surface area contributed by atoms with Crippen molar-refractivity contribution in [3.63, 3.8) is 0 Å². The van der Waals surface area contributed by atoms with Crippen molar-refractivity contribution in [2.24, 2.45) is 7.05 Å². The number of nitrogens with zero attached hydrogens (tertiary/aromatic N) is 2. The third-order valence-corrected chi connectivity index (χ3v) is 3.40. The number of carbonyl (C=O) groups is 1. The maximum atomic E-state index is 11.8. The molecule has 0 aliphatic heterocycles. The number of aryl methyl sites for hydroxylation is 1. The van der Waals surface area contributed by atoms with E-state index in [4.69, 9.17) is 0 Å². The predicted molar refractivity (Wildman–Crippen MR) is 72.4 cm³/mol. The number of hydrogen-bond acceptors (Lipinski definition) is 3. The largest absolute Gasteiger partial charge is 0.299 e. The van der Waals surface area contributed by atoms with Gasteiger partial charge >= 0.3 is 0 Å². The number of para-hydroxylation sites is 1. The number of Topliss-reactive ketones (excluding diaryl/α,β-unsaturated/α-hetero) is 1. The number of benzene rings is 1. The number of aromatic nitrogens is 2. The number of hydrogen-bond donors (Lipinski definition) is 0. The first kappa shape index (κ1) is 12.2. The molecule has 17 heavy (non-hydrogen) atoms. The van der Waals surface area contributed by atoms with Crippen LogP contribution in [0.1, 0.15) is 12.1 Å². The Hall–Kier alpha value is -1.29. The van der Waals surface area contributed by atoms with Crippen molar-refractivity contribution in [2.75, 3.05) is 12.0 Å². The Morgan fingerprint density at radius 3 is 2.94 bits per heavy atom. The quantitative estimate of drug-likeness (QED) is 0.815. The van der Waals surface area contributed by atoms with Crippen molar-refractivity contribution in [1.82, 2.24) is 9.78 Å². The Morgan fingerprint density at radius 2 is 2.18 bits per heavy atom. The monoisotopic (exact) mass is 248 g/mol. The zero-order chi connectivity index (χ0) is 12.3. The predicted octanol–water partition coefficient (Wildman–Crippen LogP) is 2.44. The second-order valence-corrected chi connectivity index (χ2v) is 5.03. The fourth-order valence-corrected chi connectivity index (χ4v) is 2.34. The third kappa shape index (κ3) is 2.69.